The normalized spacial score (nSPS) is 23.0. The molecule has 0 aromatic heterocycles. The van der Waals surface area contributed by atoms with E-state index in [9.17, 15) is 4.79 Å². The molecule has 5 heteroatoms. The van der Waals surface area contributed by atoms with Crippen molar-refractivity contribution in [3.05, 3.63) is 35.9 Å². The molecule has 2 atom stereocenters. The third kappa shape index (κ3) is 4.98. The van der Waals surface area contributed by atoms with Gasteiger partial charge in [-0.15, -0.1) is 0 Å². The lowest BCUT2D eigenvalue weighted by Gasteiger charge is -2.18. The van der Waals surface area contributed by atoms with Crippen LogP contribution in [0.25, 0.3) is 0 Å². The second-order valence-electron chi connectivity index (χ2n) is 6.98. The highest BCUT2D eigenvalue weighted by Gasteiger charge is 2.25. The molecule has 25 heavy (non-hydrogen) atoms. The van der Waals surface area contributed by atoms with Gasteiger partial charge < -0.3 is 14.8 Å². The Morgan fingerprint density at radius 2 is 1.96 bits per heavy atom. The second kappa shape index (κ2) is 8.39. The van der Waals surface area contributed by atoms with Gasteiger partial charge in [0.15, 0.2) is 0 Å². The molecule has 1 aromatic carbocycles. The number of carbonyl (C=O) groups excluding carboxylic acids is 1. The number of likely N-dealkylation sites (tertiary alicyclic amines) is 1. The summed E-state index contributed by atoms with van der Waals surface area (Å²) >= 11 is 0. The number of carbonyl (C=O) groups is 1. The van der Waals surface area contributed by atoms with Crippen molar-refractivity contribution in [3.8, 4) is 11.5 Å². The maximum absolute atomic E-state index is 12.2. The fourth-order valence-electron chi connectivity index (χ4n) is 3.70. The number of nitrogens with zero attached hydrogens (tertiary/aromatic N) is 1. The highest BCUT2D eigenvalue weighted by atomic mass is 16.5. The van der Waals surface area contributed by atoms with Crippen LogP contribution in [0.3, 0.4) is 0 Å². The van der Waals surface area contributed by atoms with Crippen LogP contribution in [-0.4, -0.2) is 44.2 Å². The minimum Gasteiger partial charge on any atom is -0.497 e. The smallest absolute Gasteiger partial charge is 0.220 e. The van der Waals surface area contributed by atoms with Crippen LogP contribution in [-0.2, 0) is 11.3 Å². The third-order valence-corrected chi connectivity index (χ3v) is 5.01. The van der Waals surface area contributed by atoms with Crippen LogP contribution in [0.15, 0.2) is 30.4 Å². The molecule has 5 nitrogen and oxygen atoms in total. The third-order valence-electron chi connectivity index (χ3n) is 5.01. The molecule has 0 spiro atoms. The molecule has 1 amide bonds. The SMILES string of the molecule is COc1cc(CN2CCC(NC(=O)CC3C=CCC3)C2)cc(OC)c1. The first-order valence-electron chi connectivity index (χ1n) is 9.06. The molecule has 3 rings (SSSR count). The van der Waals surface area contributed by atoms with Crippen LogP contribution < -0.4 is 14.8 Å². The number of benzene rings is 1. The van der Waals surface area contributed by atoms with Gasteiger partial charge in [-0.05, 0) is 42.9 Å². The lowest BCUT2D eigenvalue weighted by atomic mass is 10.0. The van der Waals surface area contributed by atoms with Gasteiger partial charge in [-0.3, -0.25) is 9.69 Å². The highest BCUT2D eigenvalue weighted by Crippen LogP contribution is 2.25. The molecule has 1 fully saturated rings. The molecule has 1 aromatic rings. The molecule has 1 heterocycles. The monoisotopic (exact) mass is 344 g/mol. The number of ether oxygens (including phenoxy) is 2. The van der Waals surface area contributed by atoms with E-state index in [1.807, 2.05) is 18.2 Å². The van der Waals surface area contributed by atoms with E-state index in [0.717, 1.165) is 50.4 Å². The molecule has 1 N–H and O–H groups in total. The summed E-state index contributed by atoms with van der Waals surface area (Å²) in [6.07, 6.45) is 8.21. The molecule has 0 radical (unpaired) electrons. The Hall–Kier alpha value is -2.01. The predicted molar refractivity (Wildman–Crippen MR) is 97.9 cm³/mol. The predicted octanol–water partition coefficient (Wildman–Crippen LogP) is 2.75. The zero-order valence-electron chi connectivity index (χ0n) is 15.2. The van der Waals surface area contributed by atoms with Crippen molar-refractivity contribution in [2.75, 3.05) is 27.3 Å². The number of allylic oxidation sites excluding steroid dienone is 2. The Kier molecular flexibility index (Phi) is 5.97. The quantitative estimate of drug-likeness (QED) is 0.773. The van der Waals surface area contributed by atoms with Gasteiger partial charge in [0.05, 0.1) is 14.2 Å². The standard InChI is InChI=1S/C20H28N2O3/c1-24-18-9-16(10-19(12-18)25-2)13-22-8-7-17(14-22)21-20(23)11-15-5-3-4-6-15/h3,5,9-10,12,15,17H,4,6-8,11,13-14H2,1-2H3,(H,21,23). The van der Waals surface area contributed by atoms with Crippen molar-refractivity contribution in [1.29, 1.82) is 0 Å². The van der Waals surface area contributed by atoms with E-state index in [-0.39, 0.29) is 11.9 Å². The van der Waals surface area contributed by atoms with Crippen molar-refractivity contribution < 1.29 is 14.3 Å². The van der Waals surface area contributed by atoms with Gasteiger partial charge in [0, 0.05) is 38.2 Å². The fourth-order valence-corrected chi connectivity index (χ4v) is 3.70. The Labute approximate surface area is 150 Å². The van der Waals surface area contributed by atoms with Crippen molar-refractivity contribution in [2.45, 2.75) is 38.3 Å². The van der Waals surface area contributed by atoms with Crippen LogP contribution in [0, 0.1) is 5.92 Å². The van der Waals surface area contributed by atoms with Crippen LogP contribution in [0.4, 0.5) is 0 Å². The first-order chi connectivity index (χ1) is 12.2. The Morgan fingerprint density at radius 3 is 2.60 bits per heavy atom. The summed E-state index contributed by atoms with van der Waals surface area (Å²) in [6.45, 7) is 2.73. The number of nitrogens with one attached hydrogen (secondary N) is 1. The van der Waals surface area contributed by atoms with E-state index in [2.05, 4.69) is 22.4 Å². The summed E-state index contributed by atoms with van der Waals surface area (Å²) < 4.78 is 10.7. The number of amides is 1. The average molecular weight is 344 g/mol. The number of methoxy groups -OCH3 is 2. The van der Waals surface area contributed by atoms with Crippen LogP contribution in [0.2, 0.25) is 0 Å². The van der Waals surface area contributed by atoms with Gasteiger partial charge in [-0.1, -0.05) is 12.2 Å². The Bertz CT molecular complexity index is 607. The molecule has 1 saturated heterocycles. The van der Waals surface area contributed by atoms with E-state index in [1.54, 1.807) is 14.2 Å². The Morgan fingerprint density at radius 1 is 1.20 bits per heavy atom. The summed E-state index contributed by atoms with van der Waals surface area (Å²) in [4.78, 5) is 14.6. The van der Waals surface area contributed by atoms with Crippen LogP contribution in [0.5, 0.6) is 11.5 Å². The van der Waals surface area contributed by atoms with E-state index in [1.165, 1.54) is 5.56 Å². The van der Waals surface area contributed by atoms with E-state index in [4.69, 9.17) is 9.47 Å². The van der Waals surface area contributed by atoms with Gasteiger partial charge in [0.1, 0.15) is 11.5 Å². The second-order valence-corrected chi connectivity index (χ2v) is 6.98. The van der Waals surface area contributed by atoms with Crippen LogP contribution >= 0.6 is 0 Å². The lowest BCUT2D eigenvalue weighted by Crippen LogP contribution is -2.37. The Balaban J connectivity index is 1.49. The molecule has 1 aliphatic heterocycles. The summed E-state index contributed by atoms with van der Waals surface area (Å²) in [7, 11) is 3.33. The number of hydrogen-bond donors (Lipinski definition) is 1. The van der Waals surface area contributed by atoms with Gasteiger partial charge in [-0.2, -0.15) is 0 Å². The molecule has 2 aliphatic rings. The van der Waals surface area contributed by atoms with Gasteiger partial charge in [-0.25, -0.2) is 0 Å². The van der Waals surface area contributed by atoms with Gasteiger partial charge in [0.25, 0.3) is 0 Å². The summed E-state index contributed by atoms with van der Waals surface area (Å²) in [6, 6.07) is 6.22. The summed E-state index contributed by atoms with van der Waals surface area (Å²) in [5.41, 5.74) is 1.17. The zero-order valence-corrected chi connectivity index (χ0v) is 15.2. The molecule has 1 aliphatic carbocycles. The van der Waals surface area contributed by atoms with Gasteiger partial charge >= 0.3 is 0 Å². The highest BCUT2D eigenvalue weighted by molar-refractivity contribution is 5.76. The van der Waals surface area contributed by atoms with E-state index >= 15 is 0 Å². The average Bonchev–Trinajstić information content (AvgIpc) is 3.26. The van der Waals surface area contributed by atoms with Crippen LogP contribution in [0.1, 0.15) is 31.2 Å². The molecule has 0 bridgehead atoms. The largest absolute Gasteiger partial charge is 0.497 e. The van der Waals surface area contributed by atoms with Crippen molar-refractivity contribution in [2.24, 2.45) is 5.92 Å². The minimum absolute atomic E-state index is 0.187. The molecular formula is C20H28N2O3. The molecule has 0 saturated carbocycles. The van der Waals surface area contributed by atoms with E-state index in [0.29, 0.717) is 12.3 Å². The molecular weight excluding hydrogens is 316 g/mol. The molecule has 2 unspecified atom stereocenters. The fraction of sp³-hybridized carbons (Fsp3) is 0.550. The summed E-state index contributed by atoms with van der Waals surface area (Å²) in [5, 5.41) is 3.20. The number of rotatable bonds is 7. The first-order valence-corrected chi connectivity index (χ1v) is 9.06. The first kappa shape index (κ1) is 17.8. The lowest BCUT2D eigenvalue weighted by molar-refractivity contribution is -0.122. The van der Waals surface area contributed by atoms with E-state index < -0.39 is 0 Å². The topological polar surface area (TPSA) is 50.8 Å². The van der Waals surface area contributed by atoms with Crippen molar-refractivity contribution in [1.82, 2.24) is 10.2 Å². The zero-order chi connectivity index (χ0) is 17.6. The van der Waals surface area contributed by atoms with Crippen molar-refractivity contribution in [3.63, 3.8) is 0 Å². The minimum atomic E-state index is 0.187. The number of hydrogen-bond acceptors (Lipinski definition) is 4. The molecule has 136 valence electrons. The van der Waals surface area contributed by atoms with Crippen molar-refractivity contribution >= 4 is 5.91 Å². The van der Waals surface area contributed by atoms with Gasteiger partial charge in [0.2, 0.25) is 5.91 Å². The maximum Gasteiger partial charge on any atom is 0.220 e. The maximum atomic E-state index is 12.2. The summed E-state index contributed by atoms with van der Waals surface area (Å²) in [5.74, 6) is 2.24.